The average molecular weight is 485 g/mol. The molecule has 0 aromatic heterocycles. The van der Waals surface area contributed by atoms with Crippen LogP contribution in [0, 0.1) is 6.92 Å². The molecule has 0 aliphatic rings. The topological polar surface area (TPSA) is 84.5 Å². The van der Waals surface area contributed by atoms with E-state index in [4.69, 9.17) is 11.6 Å². The Hall–Kier alpha value is -3.24. The molecule has 0 saturated carbocycles. The van der Waals surface area contributed by atoms with Gasteiger partial charge in [-0.3, -0.25) is 9.52 Å². The normalized spacial score (nSPS) is 11.7. The van der Waals surface area contributed by atoms with Crippen molar-refractivity contribution in [3.8, 4) is 5.75 Å². The van der Waals surface area contributed by atoms with Crippen LogP contribution in [-0.4, -0.2) is 20.7 Å². The second kappa shape index (κ2) is 9.09. The highest BCUT2D eigenvalue weighted by Crippen LogP contribution is 2.26. The van der Waals surface area contributed by atoms with Gasteiger partial charge < -0.3 is 10.1 Å². The van der Waals surface area contributed by atoms with E-state index < -0.39 is 28.0 Å². The predicted molar refractivity (Wildman–Crippen MR) is 115 cm³/mol. The number of carbonyl (C=O) groups excluding carboxylic acids is 1. The van der Waals surface area contributed by atoms with Crippen LogP contribution in [0.3, 0.4) is 0 Å². The van der Waals surface area contributed by atoms with Crippen molar-refractivity contribution in [1.82, 2.24) is 0 Å². The van der Waals surface area contributed by atoms with Gasteiger partial charge >= 0.3 is 6.36 Å². The monoisotopic (exact) mass is 484 g/mol. The first-order valence-corrected chi connectivity index (χ1v) is 10.9. The third-order valence-corrected chi connectivity index (χ3v) is 5.87. The van der Waals surface area contributed by atoms with E-state index in [-0.39, 0.29) is 26.9 Å². The minimum atomic E-state index is -4.83. The highest BCUT2D eigenvalue weighted by molar-refractivity contribution is 7.92. The Balaban J connectivity index is 1.76. The maximum Gasteiger partial charge on any atom is 0.573 e. The molecule has 3 aromatic rings. The number of alkyl halides is 3. The largest absolute Gasteiger partial charge is 0.573 e. The molecule has 0 spiro atoms. The minimum absolute atomic E-state index is 0.0357. The van der Waals surface area contributed by atoms with Gasteiger partial charge in [0.25, 0.3) is 15.9 Å². The smallest absolute Gasteiger partial charge is 0.406 e. The van der Waals surface area contributed by atoms with Gasteiger partial charge in [-0.15, -0.1) is 13.2 Å². The number of anilines is 2. The van der Waals surface area contributed by atoms with E-state index in [1.807, 2.05) is 6.92 Å². The fourth-order valence-corrected chi connectivity index (χ4v) is 3.89. The molecule has 0 heterocycles. The summed E-state index contributed by atoms with van der Waals surface area (Å²) in [4.78, 5) is 12.6. The number of hydrogen-bond acceptors (Lipinski definition) is 4. The van der Waals surface area contributed by atoms with Crippen LogP contribution in [0.15, 0.2) is 71.6 Å². The number of carbonyl (C=O) groups is 1. The van der Waals surface area contributed by atoms with Crippen LogP contribution in [0.5, 0.6) is 5.75 Å². The number of rotatable bonds is 6. The molecule has 2 N–H and O–H groups in total. The van der Waals surface area contributed by atoms with Gasteiger partial charge in [-0.05, 0) is 61.5 Å². The Bertz CT molecular complexity index is 1230. The summed E-state index contributed by atoms with van der Waals surface area (Å²) in [5.74, 6) is -1.13. The molecule has 3 rings (SSSR count). The van der Waals surface area contributed by atoms with E-state index in [2.05, 4.69) is 14.8 Å². The van der Waals surface area contributed by atoms with E-state index in [0.29, 0.717) is 0 Å². The molecule has 0 bridgehead atoms. The Morgan fingerprint density at radius 1 is 0.938 bits per heavy atom. The zero-order chi connectivity index (χ0) is 23.5. The van der Waals surface area contributed by atoms with Crippen molar-refractivity contribution in [3.05, 3.63) is 82.9 Å². The highest BCUT2D eigenvalue weighted by atomic mass is 35.5. The molecular formula is C21H16ClF3N2O4S. The van der Waals surface area contributed by atoms with E-state index >= 15 is 0 Å². The minimum Gasteiger partial charge on any atom is -0.406 e. The van der Waals surface area contributed by atoms with Gasteiger partial charge in [-0.2, -0.15) is 0 Å². The van der Waals surface area contributed by atoms with Crippen molar-refractivity contribution < 1.29 is 31.1 Å². The van der Waals surface area contributed by atoms with E-state index in [1.54, 1.807) is 12.1 Å². The van der Waals surface area contributed by atoms with Gasteiger partial charge in [-0.25, -0.2) is 8.42 Å². The lowest BCUT2D eigenvalue weighted by Crippen LogP contribution is -2.17. The Morgan fingerprint density at radius 3 is 2.12 bits per heavy atom. The summed E-state index contributed by atoms with van der Waals surface area (Å²) in [6, 6.07) is 14.7. The Morgan fingerprint density at radius 2 is 1.53 bits per heavy atom. The lowest BCUT2D eigenvalue weighted by Gasteiger charge is -2.12. The van der Waals surface area contributed by atoms with Crippen molar-refractivity contribution in [2.24, 2.45) is 0 Å². The summed E-state index contributed by atoms with van der Waals surface area (Å²) in [5, 5.41) is 2.53. The number of nitrogens with one attached hydrogen (secondary N) is 2. The molecule has 11 heteroatoms. The number of hydrogen-bond donors (Lipinski definition) is 2. The first kappa shape index (κ1) is 23.4. The van der Waals surface area contributed by atoms with E-state index in [0.717, 1.165) is 17.7 Å². The molecule has 0 unspecified atom stereocenters. The van der Waals surface area contributed by atoms with Crippen LogP contribution in [-0.2, 0) is 10.0 Å². The van der Waals surface area contributed by atoms with Crippen molar-refractivity contribution >= 4 is 38.9 Å². The quantitative estimate of drug-likeness (QED) is 0.477. The lowest BCUT2D eigenvalue weighted by atomic mass is 10.2. The third kappa shape index (κ3) is 6.14. The van der Waals surface area contributed by atoms with E-state index in [9.17, 15) is 26.4 Å². The van der Waals surface area contributed by atoms with E-state index in [1.165, 1.54) is 42.5 Å². The number of halogens is 4. The number of benzene rings is 3. The molecule has 0 aliphatic heterocycles. The maximum atomic E-state index is 12.6. The number of aryl methyl sites for hydroxylation is 1. The van der Waals surface area contributed by atoms with Crippen LogP contribution >= 0.6 is 11.6 Å². The Kier molecular flexibility index (Phi) is 6.65. The van der Waals surface area contributed by atoms with Gasteiger partial charge in [0, 0.05) is 11.4 Å². The molecule has 0 fully saturated rings. The van der Waals surface area contributed by atoms with Crippen LogP contribution in [0.4, 0.5) is 24.5 Å². The molecule has 0 atom stereocenters. The van der Waals surface area contributed by atoms with Crippen molar-refractivity contribution in [2.45, 2.75) is 18.2 Å². The summed E-state index contributed by atoms with van der Waals surface area (Å²) >= 11 is 6.08. The summed E-state index contributed by atoms with van der Waals surface area (Å²) in [6.07, 6.45) is -4.83. The molecule has 0 aliphatic carbocycles. The van der Waals surface area contributed by atoms with Gasteiger partial charge in [-0.1, -0.05) is 29.3 Å². The first-order chi connectivity index (χ1) is 14.9. The first-order valence-electron chi connectivity index (χ1n) is 8.99. The van der Waals surface area contributed by atoms with Gasteiger partial charge in [0.05, 0.1) is 15.5 Å². The summed E-state index contributed by atoms with van der Waals surface area (Å²) in [7, 11) is -3.89. The number of amides is 1. The SMILES string of the molecule is Cc1ccc(S(=O)(=O)Nc2ccc(Cl)c(C(=O)Nc3ccc(OC(F)(F)F)cc3)c2)cc1. The highest BCUT2D eigenvalue weighted by Gasteiger charge is 2.31. The average Bonchev–Trinajstić information content (AvgIpc) is 2.70. The van der Waals surface area contributed by atoms with Crippen LogP contribution in [0.1, 0.15) is 15.9 Å². The standard InChI is InChI=1S/C21H16ClF3N2O4S/c1-13-2-9-17(10-3-13)32(29,30)27-15-6-11-19(22)18(12-15)20(28)26-14-4-7-16(8-5-14)31-21(23,24)25/h2-12,27H,1H3,(H,26,28). The fourth-order valence-electron chi connectivity index (χ4n) is 2.63. The van der Waals surface area contributed by atoms with Crippen molar-refractivity contribution in [1.29, 1.82) is 0 Å². The predicted octanol–water partition coefficient (Wildman–Crippen LogP) is 5.60. The molecule has 0 radical (unpaired) electrons. The number of sulfonamides is 1. The molecule has 1 amide bonds. The van der Waals surface area contributed by atoms with Gasteiger partial charge in [0.15, 0.2) is 0 Å². The summed E-state index contributed by atoms with van der Waals surface area (Å²) in [5.41, 5.74) is 1.15. The second-order valence-electron chi connectivity index (χ2n) is 6.64. The zero-order valence-electron chi connectivity index (χ0n) is 16.4. The van der Waals surface area contributed by atoms with Crippen LogP contribution in [0.2, 0.25) is 5.02 Å². The van der Waals surface area contributed by atoms with Crippen molar-refractivity contribution in [2.75, 3.05) is 10.0 Å². The third-order valence-electron chi connectivity index (χ3n) is 4.14. The van der Waals surface area contributed by atoms with Gasteiger partial charge in [0.1, 0.15) is 5.75 Å². The van der Waals surface area contributed by atoms with Crippen LogP contribution < -0.4 is 14.8 Å². The second-order valence-corrected chi connectivity index (χ2v) is 8.73. The Labute approximate surface area is 187 Å². The summed E-state index contributed by atoms with van der Waals surface area (Å²) in [6.45, 7) is 1.82. The van der Waals surface area contributed by atoms with Crippen LogP contribution in [0.25, 0.3) is 0 Å². The summed E-state index contributed by atoms with van der Waals surface area (Å²) < 4.78 is 68.0. The van der Waals surface area contributed by atoms with Crippen molar-refractivity contribution in [3.63, 3.8) is 0 Å². The van der Waals surface area contributed by atoms with Gasteiger partial charge in [0.2, 0.25) is 0 Å². The molecule has 0 saturated heterocycles. The lowest BCUT2D eigenvalue weighted by molar-refractivity contribution is -0.274. The molecule has 168 valence electrons. The molecule has 3 aromatic carbocycles. The molecule has 6 nitrogen and oxygen atoms in total. The zero-order valence-corrected chi connectivity index (χ0v) is 18.0. The number of ether oxygens (including phenoxy) is 1. The fraction of sp³-hybridized carbons (Fsp3) is 0.0952. The molecular weight excluding hydrogens is 469 g/mol. The maximum absolute atomic E-state index is 12.6. The molecule has 32 heavy (non-hydrogen) atoms.